The van der Waals surface area contributed by atoms with Crippen LogP contribution in [0.1, 0.15) is 19.3 Å². The zero-order valence-corrected chi connectivity index (χ0v) is 13.5. The molecule has 100 valence electrons. The molecule has 4 N–H and O–H groups in total. The van der Waals surface area contributed by atoms with Crippen LogP contribution in [0.5, 0.6) is 0 Å². The molecule has 0 atom stereocenters. The molecule has 0 fully saturated rings. The van der Waals surface area contributed by atoms with Crippen molar-refractivity contribution in [2.75, 3.05) is 11.9 Å². The summed E-state index contributed by atoms with van der Waals surface area (Å²) in [5.41, 5.74) is 6.36. The molecule has 0 aliphatic heterocycles. The van der Waals surface area contributed by atoms with E-state index in [1.54, 1.807) is 0 Å². The third-order valence-electron chi connectivity index (χ3n) is 2.30. The van der Waals surface area contributed by atoms with E-state index in [0.717, 1.165) is 34.0 Å². The van der Waals surface area contributed by atoms with E-state index in [1.165, 1.54) is 0 Å². The third kappa shape index (κ3) is 5.04. The van der Waals surface area contributed by atoms with Crippen LogP contribution in [0.3, 0.4) is 0 Å². The first-order valence-corrected chi connectivity index (χ1v) is 7.35. The maximum Gasteiger partial charge on any atom is 0.139 e. The van der Waals surface area contributed by atoms with Crippen molar-refractivity contribution < 1.29 is 5.21 Å². The average Bonchev–Trinajstić information content (AvgIpc) is 2.31. The number of benzene rings is 1. The third-order valence-corrected chi connectivity index (χ3v) is 3.77. The zero-order valence-electron chi connectivity index (χ0n) is 9.59. The fraction of sp³-hybridized carbons (Fsp3) is 0.364. The zero-order chi connectivity index (χ0) is 13.5. The van der Waals surface area contributed by atoms with Gasteiger partial charge in [0.25, 0.3) is 0 Å². The highest BCUT2D eigenvalue weighted by molar-refractivity contribution is 9.11. The predicted molar refractivity (Wildman–Crippen MR) is 82.6 cm³/mol. The molecule has 7 heteroatoms. The fourth-order valence-corrected chi connectivity index (χ4v) is 3.35. The van der Waals surface area contributed by atoms with Gasteiger partial charge in [-0.2, -0.15) is 0 Å². The Hall–Kier alpha value is -0.460. The van der Waals surface area contributed by atoms with Gasteiger partial charge in [0.15, 0.2) is 0 Å². The van der Waals surface area contributed by atoms with E-state index >= 15 is 0 Å². The molecule has 0 bridgehead atoms. The van der Waals surface area contributed by atoms with Gasteiger partial charge in [-0.15, -0.1) is 0 Å². The quantitative estimate of drug-likeness (QED) is 0.221. The summed E-state index contributed by atoms with van der Waals surface area (Å²) in [5.74, 6) is 0.267. The second kappa shape index (κ2) is 7.86. The molecule has 4 nitrogen and oxygen atoms in total. The molecule has 0 aliphatic rings. The van der Waals surface area contributed by atoms with Crippen molar-refractivity contribution in [1.82, 2.24) is 0 Å². The Morgan fingerprint density at radius 1 is 1.33 bits per heavy atom. The minimum Gasteiger partial charge on any atom is -0.409 e. The van der Waals surface area contributed by atoms with Crippen molar-refractivity contribution in [1.29, 1.82) is 0 Å². The number of hydrogen-bond acceptors (Lipinski definition) is 3. The smallest absolute Gasteiger partial charge is 0.139 e. The summed E-state index contributed by atoms with van der Waals surface area (Å²) in [7, 11) is 0. The van der Waals surface area contributed by atoms with Gasteiger partial charge in [0.05, 0.1) is 5.69 Å². The summed E-state index contributed by atoms with van der Waals surface area (Å²) >= 11 is 12.8. The molecule has 1 rings (SSSR count). The van der Waals surface area contributed by atoms with E-state index in [-0.39, 0.29) is 5.84 Å². The molecule has 18 heavy (non-hydrogen) atoms. The van der Waals surface area contributed by atoms with Gasteiger partial charge in [0.2, 0.25) is 0 Å². The first-order chi connectivity index (χ1) is 8.54. The standard InChI is InChI=1S/C11H14Br2ClN3O/c12-8-5-7(14)6-9(13)11(8)16-4-2-1-3-10(15)17-18/h5-6,16,18H,1-4H2,(H2,15,17). The first kappa shape index (κ1) is 15.6. The molecule has 0 saturated heterocycles. The van der Waals surface area contributed by atoms with Gasteiger partial charge in [-0.05, 0) is 56.8 Å². The van der Waals surface area contributed by atoms with Gasteiger partial charge in [-0.1, -0.05) is 16.8 Å². The summed E-state index contributed by atoms with van der Waals surface area (Å²) in [6, 6.07) is 3.68. The van der Waals surface area contributed by atoms with E-state index in [2.05, 4.69) is 42.3 Å². The normalized spacial score (nSPS) is 11.6. The lowest BCUT2D eigenvalue weighted by atomic mass is 10.2. The molecule has 0 unspecified atom stereocenters. The molecule has 0 radical (unpaired) electrons. The summed E-state index contributed by atoms with van der Waals surface area (Å²) in [6.45, 7) is 0.803. The number of nitrogens with one attached hydrogen (secondary N) is 1. The van der Waals surface area contributed by atoms with Crippen LogP contribution in [0.25, 0.3) is 0 Å². The van der Waals surface area contributed by atoms with E-state index in [1.807, 2.05) is 12.1 Å². The number of anilines is 1. The second-order valence-corrected chi connectivity index (χ2v) is 5.86. The van der Waals surface area contributed by atoms with Crippen molar-refractivity contribution in [2.45, 2.75) is 19.3 Å². The summed E-state index contributed by atoms with van der Waals surface area (Å²) in [6.07, 6.45) is 2.39. The van der Waals surface area contributed by atoms with Gasteiger partial charge in [-0.3, -0.25) is 0 Å². The van der Waals surface area contributed by atoms with Crippen molar-refractivity contribution >= 4 is 55.0 Å². The Morgan fingerprint density at radius 3 is 2.50 bits per heavy atom. The minimum absolute atomic E-state index is 0.267. The maximum absolute atomic E-state index is 8.39. The largest absolute Gasteiger partial charge is 0.409 e. The van der Waals surface area contributed by atoms with Crippen LogP contribution in [0.2, 0.25) is 5.02 Å². The molecule has 0 amide bonds. The Morgan fingerprint density at radius 2 is 1.94 bits per heavy atom. The highest BCUT2D eigenvalue weighted by Gasteiger charge is 2.06. The van der Waals surface area contributed by atoms with Crippen LogP contribution in [0.15, 0.2) is 26.2 Å². The fourth-order valence-electron chi connectivity index (χ4n) is 1.41. The lowest BCUT2D eigenvalue weighted by molar-refractivity contribution is 0.316. The number of amidine groups is 1. The number of nitrogens with two attached hydrogens (primary N) is 1. The minimum atomic E-state index is 0.267. The SMILES string of the molecule is NC(CCCCNc1c(Br)cc(Cl)cc1Br)=NO. The maximum atomic E-state index is 8.39. The molecule has 1 aromatic carbocycles. The van der Waals surface area contributed by atoms with Crippen LogP contribution in [0.4, 0.5) is 5.69 Å². The topological polar surface area (TPSA) is 70.6 Å². The van der Waals surface area contributed by atoms with Crippen molar-refractivity contribution in [2.24, 2.45) is 10.9 Å². The molecule has 0 heterocycles. The molecule has 0 saturated carbocycles. The van der Waals surface area contributed by atoms with Crippen LogP contribution < -0.4 is 11.1 Å². The van der Waals surface area contributed by atoms with Crippen LogP contribution in [0, 0.1) is 0 Å². The lowest BCUT2D eigenvalue weighted by Crippen LogP contribution is -2.12. The molecule has 0 aliphatic carbocycles. The van der Waals surface area contributed by atoms with Crippen molar-refractivity contribution in [3.63, 3.8) is 0 Å². The van der Waals surface area contributed by atoms with Gasteiger partial charge < -0.3 is 16.3 Å². The Kier molecular flexibility index (Phi) is 6.81. The van der Waals surface area contributed by atoms with E-state index in [9.17, 15) is 0 Å². The Labute approximate surface area is 128 Å². The van der Waals surface area contributed by atoms with Crippen molar-refractivity contribution in [3.8, 4) is 0 Å². The molecule has 1 aromatic rings. The Bertz CT molecular complexity index is 417. The number of hydrogen-bond donors (Lipinski definition) is 3. The number of rotatable bonds is 6. The highest BCUT2D eigenvalue weighted by atomic mass is 79.9. The lowest BCUT2D eigenvalue weighted by Gasteiger charge is -2.11. The summed E-state index contributed by atoms with van der Waals surface area (Å²) in [4.78, 5) is 0. The summed E-state index contributed by atoms with van der Waals surface area (Å²) in [5, 5.41) is 15.3. The molecule has 0 spiro atoms. The number of halogens is 3. The highest BCUT2D eigenvalue weighted by Crippen LogP contribution is 2.34. The van der Waals surface area contributed by atoms with Gasteiger partial charge in [-0.25, -0.2) is 0 Å². The van der Waals surface area contributed by atoms with E-state index in [4.69, 9.17) is 22.5 Å². The van der Waals surface area contributed by atoms with Gasteiger partial charge in [0, 0.05) is 26.9 Å². The number of unbranched alkanes of at least 4 members (excludes halogenated alkanes) is 1. The number of oxime groups is 1. The van der Waals surface area contributed by atoms with E-state index < -0.39 is 0 Å². The monoisotopic (exact) mass is 397 g/mol. The van der Waals surface area contributed by atoms with Crippen LogP contribution in [-0.4, -0.2) is 17.6 Å². The van der Waals surface area contributed by atoms with Crippen LogP contribution in [-0.2, 0) is 0 Å². The van der Waals surface area contributed by atoms with E-state index in [0.29, 0.717) is 11.4 Å². The number of nitrogens with zero attached hydrogens (tertiary/aromatic N) is 1. The molecular weight excluding hydrogens is 385 g/mol. The average molecular weight is 400 g/mol. The molecular formula is C11H14Br2ClN3O. The van der Waals surface area contributed by atoms with Gasteiger partial charge >= 0.3 is 0 Å². The molecule has 0 aromatic heterocycles. The second-order valence-electron chi connectivity index (χ2n) is 3.72. The van der Waals surface area contributed by atoms with Gasteiger partial charge in [0.1, 0.15) is 5.84 Å². The van der Waals surface area contributed by atoms with Crippen molar-refractivity contribution in [3.05, 3.63) is 26.1 Å². The Balaban J connectivity index is 2.40. The first-order valence-electron chi connectivity index (χ1n) is 5.39. The van der Waals surface area contributed by atoms with Crippen LogP contribution >= 0.6 is 43.5 Å². The summed E-state index contributed by atoms with van der Waals surface area (Å²) < 4.78 is 1.83. The predicted octanol–water partition coefficient (Wildman–Crippen LogP) is 4.19.